The first kappa shape index (κ1) is 23.1. The number of thiophene rings is 1. The molecule has 0 saturated heterocycles. The van der Waals surface area contributed by atoms with Gasteiger partial charge in [-0.3, -0.25) is 18.7 Å². The third-order valence-corrected chi connectivity index (χ3v) is 7.77. The molecule has 35 heavy (non-hydrogen) atoms. The van der Waals surface area contributed by atoms with Gasteiger partial charge in [0.1, 0.15) is 5.00 Å². The number of hydrogen-bond donors (Lipinski definition) is 2. The highest BCUT2D eigenvalue weighted by Gasteiger charge is 2.26. The Hall–Kier alpha value is -3.65. The number of aromatic nitrogens is 2. The normalized spacial score (nSPS) is 12.9. The Kier molecular flexibility index (Phi) is 6.55. The van der Waals surface area contributed by atoms with Gasteiger partial charge in [-0.05, 0) is 48.9 Å². The molecule has 4 aromatic rings. The molecule has 2 N–H and O–H groups in total. The summed E-state index contributed by atoms with van der Waals surface area (Å²) < 4.78 is 3.22. The van der Waals surface area contributed by atoms with E-state index in [2.05, 4.69) is 10.6 Å². The van der Waals surface area contributed by atoms with Crippen molar-refractivity contribution in [1.29, 1.82) is 0 Å². The summed E-state index contributed by atoms with van der Waals surface area (Å²) >= 11 is 1.51. The molecule has 0 bridgehead atoms. The Morgan fingerprint density at radius 3 is 2.49 bits per heavy atom. The Balaban J connectivity index is 1.33. The quantitative estimate of drug-likeness (QED) is 0.408. The minimum absolute atomic E-state index is 0.140. The second-order valence-corrected chi connectivity index (χ2v) is 9.97. The summed E-state index contributed by atoms with van der Waals surface area (Å²) in [5, 5.41) is 6.62. The van der Waals surface area contributed by atoms with E-state index in [1.807, 2.05) is 54.6 Å². The maximum absolute atomic E-state index is 13.2. The predicted octanol–water partition coefficient (Wildman–Crippen LogP) is 4.24. The molecule has 180 valence electrons. The summed E-state index contributed by atoms with van der Waals surface area (Å²) in [7, 11) is 1.73. The van der Waals surface area contributed by atoms with Crippen LogP contribution in [0.4, 0.5) is 5.00 Å². The standard InChI is InChI=1S/C27H28N4O3S/c1-30-20-12-6-7-13-21(20)31(27(30)34)16-15-23(32)29-26-24(19-11-5-8-14-22(19)35-26)25(33)28-17-18-9-3-2-4-10-18/h2-4,6-7,9-10,12-13H,5,8,11,14-17H2,1H3,(H,28,33)(H,29,32). The first-order chi connectivity index (χ1) is 17.0. The zero-order valence-electron chi connectivity index (χ0n) is 19.7. The van der Waals surface area contributed by atoms with Gasteiger partial charge in [-0.15, -0.1) is 11.3 Å². The van der Waals surface area contributed by atoms with Crippen molar-refractivity contribution >= 4 is 39.2 Å². The maximum atomic E-state index is 13.2. The average molecular weight is 489 g/mol. The Morgan fingerprint density at radius 2 is 1.69 bits per heavy atom. The third kappa shape index (κ3) is 4.66. The van der Waals surface area contributed by atoms with Gasteiger partial charge in [-0.25, -0.2) is 4.79 Å². The highest BCUT2D eigenvalue weighted by molar-refractivity contribution is 7.17. The van der Waals surface area contributed by atoms with Gasteiger partial charge in [-0.2, -0.15) is 0 Å². The molecule has 0 fully saturated rings. The van der Waals surface area contributed by atoms with Crippen LogP contribution in [0.25, 0.3) is 11.0 Å². The lowest BCUT2D eigenvalue weighted by Gasteiger charge is -2.13. The average Bonchev–Trinajstić information content (AvgIpc) is 3.36. The fraction of sp³-hybridized carbons (Fsp3) is 0.296. The molecule has 7 nitrogen and oxygen atoms in total. The van der Waals surface area contributed by atoms with Crippen LogP contribution in [0.5, 0.6) is 0 Å². The molecule has 0 unspecified atom stereocenters. The second-order valence-electron chi connectivity index (χ2n) is 8.86. The van der Waals surface area contributed by atoms with E-state index in [1.54, 1.807) is 16.2 Å². The number of nitrogens with one attached hydrogen (secondary N) is 2. The van der Waals surface area contributed by atoms with Crippen LogP contribution in [-0.4, -0.2) is 20.9 Å². The number of nitrogens with zero attached hydrogens (tertiary/aromatic N) is 2. The molecule has 1 aliphatic rings. The number of hydrogen-bond acceptors (Lipinski definition) is 4. The van der Waals surface area contributed by atoms with Gasteiger partial charge in [0, 0.05) is 31.4 Å². The van der Waals surface area contributed by atoms with Gasteiger partial charge >= 0.3 is 5.69 Å². The van der Waals surface area contributed by atoms with Crippen molar-refractivity contribution in [3.63, 3.8) is 0 Å². The van der Waals surface area contributed by atoms with Crippen LogP contribution in [0.3, 0.4) is 0 Å². The SMILES string of the molecule is Cn1c(=O)n(CCC(=O)Nc2sc3c(c2C(=O)NCc2ccccc2)CCCC3)c2ccccc21. The molecule has 0 aliphatic heterocycles. The number of rotatable bonds is 7. The highest BCUT2D eigenvalue weighted by Crippen LogP contribution is 2.38. The van der Waals surface area contributed by atoms with E-state index in [0.717, 1.165) is 47.8 Å². The number of imidazole rings is 1. The largest absolute Gasteiger partial charge is 0.348 e. The Labute approximate surface area is 207 Å². The Bertz CT molecular complexity index is 1450. The van der Waals surface area contributed by atoms with Crippen molar-refractivity contribution in [3.8, 4) is 0 Å². The van der Waals surface area contributed by atoms with E-state index < -0.39 is 0 Å². The molecular formula is C27H28N4O3S. The van der Waals surface area contributed by atoms with Crippen molar-refractivity contribution < 1.29 is 9.59 Å². The maximum Gasteiger partial charge on any atom is 0.328 e. The van der Waals surface area contributed by atoms with Gasteiger partial charge < -0.3 is 10.6 Å². The molecule has 2 heterocycles. The molecule has 1 aliphatic carbocycles. The summed E-state index contributed by atoms with van der Waals surface area (Å²) in [6.45, 7) is 0.703. The van der Waals surface area contributed by atoms with E-state index in [0.29, 0.717) is 17.1 Å². The van der Waals surface area contributed by atoms with Crippen LogP contribution < -0.4 is 16.3 Å². The van der Waals surface area contributed by atoms with Crippen LogP contribution in [0.1, 0.15) is 45.6 Å². The molecule has 8 heteroatoms. The van der Waals surface area contributed by atoms with Crippen LogP contribution in [0, 0.1) is 0 Å². The topological polar surface area (TPSA) is 85.1 Å². The van der Waals surface area contributed by atoms with Gasteiger partial charge in [0.2, 0.25) is 5.91 Å². The van der Waals surface area contributed by atoms with Crippen LogP contribution in [0.2, 0.25) is 0 Å². The molecule has 2 aromatic heterocycles. The highest BCUT2D eigenvalue weighted by atomic mass is 32.1. The lowest BCUT2D eigenvalue weighted by molar-refractivity contribution is -0.116. The zero-order valence-corrected chi connectivity index (χ0v) is 20.5. The Morgan fingerprint density at radius 1 is 0.971 bits per heavy atom. The summed E-state index contributed by atoms with van der Waals surface area (Å²) in [5.74, 6) is -0.366. The van der Waals surface area contributed by atoms with Gasteiger partial charge in [0.15, 0.2) is 0 Å². The summed E-state index contributed by atoms with van der Waals surface area (Å²) in [6, 6.07) is 17.3. The van der Waals surface area contributed by atoms with E-state index >= 15 is 0 Å². The second kappa shape index (κ2) is 9.92. The number of carbonyl (C=O) groups excluding carboxylic acids is 2. The van der Waals surface area contributed by atoms with Crippen molar-refractivity contribution in [2.24, 2.45) is 7.05 Å². The number of para-hydroxylation sites is 2. The van der Waals surface area contributed by atoms with E-state index in [9.17, 15) is 14.4 Å². The fourth-order valence-corrected chi connectivity index (χ4v) is 6.05. The molecule has 5 rings (SSSR count). The van der Waals surface area contributed by atoms with E-state index in [1.165, 1.54) is 16.2 Å². The first-order valence-electron chi connectivity index (χ1n) is 11.9. The van der Waals surface area contributed by atoms with Gasteiger partial charge in [0.05, 0.1) is 16.6 Å². The number of fused-ring (bicyclic) bond motifs is 2. The molecule has 2 aromatic carbocycles. The smallest absolute Gasteiger partial charge is 0.328 e. The molecule has 0 saturated carbocycles. The summed E-state index contributed by atoms with van der Waals surface area (Å²) in [6.07, 6.45) is 4.05. The molecule has 2 amide bonds. The molecule has 0 atom stereocenters. The predicted molar refractivity (Wildman–Crippen MR) is 139 cm³/mol. The number of amides is 2. The lowest BCUT2D eigenvalue weighted by atomic mass is 9.95. The minimum Gasteiger partial charge on any atom is -0.348 e. The number of carbonyl (C=O) groups is 2. The number of aryl methyl sites for hydroxylation is 3. The van der Waals surface area contributed by atoms with Gasteiger partial charge in [-0.1, -0.05) is 42.5 Å². The molecular weight excluding hydrogens is 460 g/mol. The van der Waals surface area contributed by atoms with E-state index in [-0.39, 0.29) is 30.5 Å². The summed E-state index contributed by atoms with van der Waals surface area (Å²) in [4.78, 5) is 40.0. The molecule has 0 radical (unpaired) electrons. The minimum atomic E-state index is -0.208. The lowest BCUT2D eigenvalue weighted by Crippen LogP contribution is -2.26. The van der Waals surface area contributed by atoms with Crippen LogP contribution >= 0.6 is 11.3 Å². The van der Waals surface area contributed by atoms with E-state index in [4.69, 9.17) is 0 Å². The van der Waals surface area contributed by atoms with Crippen molar-refractivity contribution in [2.45, 2.75) is 45.2 Å². The van der Waals surface area contributed by atoms with Crippen molar-refractivity contribution in [1.82, 2.24) is 14.5 Å². The monoisotopic (exact) mass is 488 g/mol. The third-order valence-electron chi connectivity index (χ3n) is 6.56. The van der Waals surface area contributed by atoms with Crippen molar-refractivity contribution in [3.05, 3.63) is 86.6 Å². The number of benzene rings is 2. The first-order valence-corrected chi connectivity index (χ1v) is 12.8. The van der Waals surface area contributed by atoms with Crippen molar-refractivity contribution in [2.75, 3.05) is 5.32 Å². The van der Waals surface area contributed by atoms with Gasteiger partial charge in [0.25, 0.3) is 5.91 Å². The molecule has 0 spiro atoms. The number of anilines is 1. The van der Waals surface area contributed by atoms with Crippen LogP contribution in [-0.2, 0) is 37.8 Å². The fourth-order valence-electron chi connectivity index (χ4n) is 4.74. The zero-order chi connectivity index (χ0) is 24.4. The summed E-state index contributed by atoms with van der Waals surface area (Å²) in [5.41, 5.74) is 4.17. The van der Waals surface area contributed by atoms with Crippen LogP contribution in [0.15, 0.2) is 59.4 Å².